The van der Waals surface area contributed by atoms with Crippen LogP contribution in [0.25, 0.3) is 0 Å². The molecule has 2 heterocycles. The summed E-state index contributed by atoms with van der Waals surface area (Å²) in [5.41, 5.74) is 0.290. The Morgan fingerprint density at radius 2 is 1.73 bits per heavy atom. The Hall–Kier alpha value is -2.57. The molecule has 3 amide bonds. The smallest absolute Gasteiger partial charge is 0.250 e. The summed E-state index contributed by atoms with van der Waals surface area (Å²) in [7, 11) is 0. The maximum atomic E-state index is 13.7. The molecule has 7 nitrogen and oxygen atoms in total. The predicted octanol–water partition coefficient (Wildman–Crippen LogP) is 3.01. The van der Waals surface area contributed by atoms with Crippen LogP contribution in [-0.2, 0) is 14.4 Å². The molecule has 1 aromatic rings. The molecule has 1 aliphatic carbocycles. The number of anilines is 1. The van der Waals surface area contributed by atoms with Gasteiger partial charge in [-0.05, 0) is 43.7 Å². The number of piperidine rings is 1. The van der Waals surface area contributed by atoms with Gasteiger partial charge < -0.3 is 20.0 Å². The van der Waals surface area contributed by atoms with Crippen LogP contribution in [-0.4, -0.2) is 65.9 Å². The monoisotopic (exact) mass is 454 g/mol. The van der Waals surface area contributed by atoms with Crippen LogP contribution in [0, 0.1) is 11.8 Å². The van der Waals surface area contributed by atoms with E-state index in [4.69, 9.17) is 0 Å². The summed E-state index contributed by atoms with van der Waals surface area (Å²) in [6.07, 6.45) is 7.31. The molecule has 0 atom stereocenters. The molecule has 0 aromatic heterocycles. The van der Waals surface area contributed by atoms with Gasteiger partial charge in [0.25, 0.3) is 5.91 Å². The quantitative estimate of drug-likeness (QED) is 0.717. The normalized spacial score (nSPS) is 21.2. The van der Waals surface area contributed by atoms with Crippen LogP contribution >= 0.6 is 0 Å². The highest BCUT2D eigenvalue weighted by Crippen LogP contribution is 2.39. The van der Waals surface area contributed by atoms with E-state index in [2.05, 4.69) is 10.2 Å². The van der Waals surface area contributed by atoms with E-state index < -0.39 is 5.54 Å². The van der Waals surface area contributed by atoms with Gasteiger partial charge in [-0.1, -0.05) is 51.3 Å². The van der Waals surface area contributed by atoms with Crippen LogP contribution in [0.1, 0.15) is 58.8 Å². The maximum Gasteiger partial charge on any atom is 0.250 e. The Bertz CT molecular complexity index is 842. The molecule has 0 radical (unpaired) electrons. The molecule has 7 heteroatoms. The molecule has 0 bridgehead atoms. The molecule has 180 valence electrons. The van der Waals surface area contributed by atoms with Gasteiger partial charge in [0.15, 0.2) is 0 Å². The van der Waals surface area contributed by atoms with Crippen LogP contribution in [0.3, 0.4) is 0 Å². The Labute approximate surface area is 197 Å². The SMILES string of the molecule is CC(C)C(=O)N1CCC2(CC1)C(=O)N(CC(=O)NCC1CCCCC1)CN2c1ccccc1. The average molecular weight is 455 g/mol. The van der Waals surface area contributed by atoms with Gasteiger partial charge in [-0.2, -0.15) is 0 Å². The number of likely N-dealkylation sites (tertiary alicyclic amines) is 1. The second-order valence-electron chi connectivity index (χ2n) is 10.2. The number of nitrogens with one attached hydrogen (secondary N) is 1. The van der Waals surface area contributed by atoms with Gasteiger partial charge in [0, 0.05) is 31.2 Å². The second-order valence-corrected chi connectivity index (χ2v) is 10.2. The third-order valence-corrected chi connectivity index (χ3v) is 7.63. The second kappa shape index (κ2) is 10.1. The van der Waals surface area contributed by atoms with Gasteiger partial charge in [-0.3, -0.25) is 14.4 Å². The highest BCUT2D eigenvalue weighted by Gasteiger charge is 2.54. The highest BCUT2D eigenvalue weighted by atomic mass is 16.2. The van der Waals surface area contributed by atoms with Crippen molar-refractivity contribution in [2.45, 2.75) is 64.3 Å². The Balaban J connectivity index is 1.45. The molecule has 1 spiro atoms. The predicted molar refractivity (Wildman–Crippen MR) is 128 cm³/mol. The molecule has 3 fully saturated rings. The van der Waals surface area contributed by atoms with Crippen molar-refractivity contribution < 1.29 is 14.4 Å². The van der Waals surface area contributed by atoms with Crippen LogP contribution in [0.15, 0.2) is 30.3 Å². The van der Waals surface area contributed by atoms with E-state index in [0.29, 0.717) is 45.1 Å². The summed E-state index contributed by atoms with van der Waals surface area (Å²) in [6, 6.07) is 9.96. The van der Waals surface area contributed by atoms with E-state index in [0.717, 1.165) is 5.69 Å². The first-order chi connectivity index (χ1) is 15.9. The summed E-state index contributed by atoms with van der Waals surface area (Å²) in [4.78, 5) is 44.7. The van der Waals surface area contributed by atoms with Crippen molar-refractivity contribution in [1.82, 2.24) is 15.1 Å². The van der Waals surface area contributed by atoms with E-state index in [9.17, 15) is 14.4 Å². The molecule has 33 heavy (non-hydrogen) atoms. The lowest BCUT2D eigenvalue weighted by Crippen LogP contribution is -2.58. The summed E-state index contributed by atoms with van der Waals surface area (Å²) < 4.78 is 0. The van der Waals surface area contributed by atoms with Crippen molar-refractivity contribution >= 4 is 23.4 Å². The van der Waals surface area contributed by atoms with Crippen molar-refractivity contribution in [1.29, 1.82) is 0 Å². The molecular weight excluding hydrogens is 416 g/mol. The van der Waals surface area contributed by atoms with Crippen LogP contribution < -0.4 is 10.2 Å². The van der Waals surface area contributed by atoms with Crippen molar-refractivity contribution in [3.63, 3.8) is 0 Å². The minimum absolute atomic E-state index is 0.0100. The number of carbonyl (C=O) groups is 3. The van der Waals surface area contributed by atoms with Gasteiger partial charge in [-0.15, -0.1) is 0 Å². The van der Waals surface area contributed by atoms with Crippen molar-refractivity contribution in [3.05, 3.63) is 30.3 Å². The fourth-order valence-electron chi connectivity index (χ4n) is 5.66. The standard InChI is InChI=1S/C26H38N4O3/c1-20(2)24(32)28-15-13-26(14-16-28)25(33)29(19-30(26)22-11-7-4-8-12-22)18-23(31)27-17-21-9-5-3-6-10-21/h4,7-8,11-12,20-21H,3,5-6,9-10,13-19H2,1-2H3,(H,27,31). The van der Waals surface area contributed by atoms with E-state index >= 15 is 0 Å². The lowest BCUT2D eigenvalue weighted by atomic mass is 9.85. The molecule has 4 rings (SSSR count). The zero-order valence-electron chi connectivity index (χ0n) is 20.1. The molecule has 2 saturated heterocycles. The fraction of sp³-hybridized carbons (Fsp3) is 0.654. The lowest BCUT2D eigenvalue weighted by Gasteiger charge is -2.43. The largest absolute Gasteiger partial charge is 0.354 e. The first-order valence-corrected chi connectivity index (χ1v) is 12.6. The molecule has 1 saturated carbocycles. The molecule has 3 aliphatic rings. The number of nitrogens with zero attached hydrogens (tertiary/aromatic N) is 3. The molecule has 2 aliphatic heterocycles. The number of hydrogen-bond donors (Lipinski definition) is 1. The van der Waals surface area contributed by atoms with Crippen LogP contribution in [0.2, 0.25) is 0 Å². The maximum absolute atomic E-state index is 13.7. The number of para-hydroxylation sites is 1. The summed E-state index contributed by atoms with van der Waals surface area (Å²) in [5, 5.41) is 3.08. The van der Waals surface area contributed by atoms with E-state index in [1.165, 1.54) is 32.1 Å². The Kier molecular flexibility index (Phi) is 7.25. The third-order valence-electron chi connectivity index (χ3n) is 7.63. The highest BCUT2D eigenvalue weighted by molar-refractivity contribution is 5.96. The van der Waals surface area contributed by atoms with E-state index in [-0.39, 0.29) is 30.2 Å². The lowest BCUT2D eigenvalue weighted by molar-refractivity contribution is -0.141. The van der Waals surface area contributed by atoms with E-state index in [1.807, 2.05) is 49.1 Å². The van der Waals surface area contributed by atoms with Crippen molar-refractivity contribution in [2.75, 3.05) is 37.7 Å². The average Bonchev–Trinajstić information content (AvgIpc) is 3.10. The van der Waals surface area contributed by atoms with Gasteiger partial charge >= 0.3 is 0 Å². The topological polar surface area (TPSA) is 73.0 Å². The summed E-state index contributed by atoms with van der Waals surface area (Å²) in [6.45, 7) is 6.15. The molecular formula is C26H38N4O3. The molecule has 0 unspecified atom stereocenters. The van der Waals surface area contributed by atoms with Crippen LogP contribution in [0.5, 0.6) is 0 Å². The van der Waals surface area contributed by atoms with Gasteiger partial charge in [0.05, 0.1) is 6.67 Å². The Morgan fingerprint density at radius 1 is 1.06 bits per heavy atom. The number of benzene rings is 1. The van der Waals surface area contributed by atoms with Crippen molar-refractivity contribution in [3.8, 4) is 0 Å². The first kappa shape index (κ1) is 23.6. The van der Waals surface area contributed by atoms with Gasteiger partial charge in [0.1, 0.15) is 12.1 Å². The van der Waals surface area contributed by atoms with Crippen LogP contribution in [0.4, 0.5) is 5.69 Å². The van der Waals surface area contributed by atoms with E-state index in [1.54, 1.807) is 4.90 Å². The number of amides is 3. The summed E-state index contributed by atoms with van der Waals surface area (Å²) >= 11 is 0. The first-order valence-electron chi connectivity index (χ1n) is 12.6. The van der Waals surface area contributed by atoms with Crippen molar-refractivity contribution in [2.24, 2.45) is 11.8 Å². The number of rotatable bonds is 6. The number of carbonyl (C=O) groups excluding carboxylic acids is 3. The Morgan fingerprint density at radius 3 is 2.36 bits per heavy atom. The van der Waals surface area contributed by atoms with Gasteiger partial charge in [0.2, 0.25) is 11.8 Å². The summed E-state index contributed by atoms with van der Waals surface area (Å²) in [5.74, 6) is 0.586. The number of hydrogen-bond acceptors (Lipinski definition) is 4. The zero-order valence-corrected chi connectivity index (χ0v) is 20.1. The zero-order chi connectivity index (χ0) is 23.4. The third kappa shape index (κ3) is 5.02. The minimum atomic E-state index is -0.696. The fourth-order valence-corrected chi connectivity index (χ4v) is 5.66. The molecule has 1 N–H and O–H groups in total. The molecule has 1 aromatic carbocycles. The minimum Gasteiger partial charge on any atom is -0.354 e. The van der Waals surface area contributed by atoms with Gasteiger partial charge in [-0.25, -0.2) is 0 Å².